The normalized spacial score (nSPS) is 19.9. The van der Waals surface area contributed by atoms with Crippen LogP contribution < -0.4 is 15.4 Å². The molecule has 2 unspecified atom stereocenters. The Morgan fingerprint density at radius 2 is 2.09 bits per heavy atom. The second-order valence-corrected chi connectivity index (χ2v) is 7.06. The summed E-state index contributed by atoms with van der Waals surface area (Å²) >= 11 is 0. The molecular weight excluding hydrogens is 292 g/mol. The van der Waals surface area contributed by atoms with Crippen LogP contribution in [0.5, 0.6) is 5.75 Å². The maximum atomic E-state index is 12.0. The van der Waals surface area contributed by atoms with Gasteiger partial charge in [-0.1, -0.05) is 32.9 Å². The Kier molecular flexibility index (Phi) is 6.02. The lowest BCUT2D eigenvalue weighted by atomic mass is 9.87. The van der Waals surface area contributed by atoms with Gasteiger partial charge in [-0.2, -0.15) is 0 Å². The first-order chi connectivity index (χ1) is 10.9. The molecule has 5 heteroatoms. The standard InChI is InChI=1S/C18H28N2O3/c1-13(20-17(21)16-11-19-9-10-22-16)12-23-15-7-5-14(6-8-15)18(2,3)4/h5-8,13,16,19H,9-12H2,1-4H3,(H,20,21). The molecule has 1 saturated heterocycles. The van der Waals surface area contributed by atoms with E-state index in [-0.39, 0.29) is 17.4 Å². The van der Waals surface area contributed by atoms with E-state index in [1.807, 2.05) is 19.1 Å². The third-order valence-corrected chi connectivity index (χ3v) is 3.83. The zero-order chi connectivity index (χ0) is 16.9. The highest BCUT2D eigenvalue weighted by atomic mass is 16.5. The minimum Gasteiger partial charge on any atom is -0.491 e. The van der Waals surface area contributed by atoms with Gasteiger partial charge in [-0.3, -0.25) is 4.79 Å². The number of carbonyl (C=O) groups is 1. The molecule has 128 valence electrons. The molecule has 1 fully saturated rings. The molecule has 23 heavy (non-hydrogen) atoms. The highest BCUT2D eigenvalue weighted by Crippen LogP contribution is 2.24. The van der Waals surface area contributed by atoms with Crippen molar-refractivity contribution in [2.75, 3.05) is 26.3 Å². The summed E-state index contributed by atoms with van der Waals surface area (Å²) < 4.78 is 11.2. The molecule has 1 aromatic carbocycles. The predicted molar refractivity (Wildman–Crippen MR) is 90.9 cm³/mol. The van der Waals surface area contributed by atoms with Crippen LogP contribution in [0.4, 0.5) is 0 Å². The molecule has 1 amide bonds. The van der Waals surface area contributed by atoms with Crippen LogP contribution in [0.3, 0.4) is 0 Å². The van der Waals surface area contributed by atoms with E-state index in [9.17, 15) is 4.79 Å². The van der Waals surface area contributed by atoms with Gasteiger partial charge < -0.3 is 20.1 Å². The van der Waals surface area contributed by atoms with E-state index in [0.717, 1.165) is 12.3 Å². The van der Waals surface area contributed by atoms with Crippen LogP contribution in [0.1, 0.15) is 33.3 Å². The molecule has 0 aliphatic carbocycles. The van der Waals surface area contributed by atoms with E-state index in [4.69, 9.17) is 9.47 Å². The van der Waals surface area contributed by atoms with Crippen LogP contribution in [-0.4, -0.2) is 44.4 Å². The Balaban J connectivity index is 1.77. The third-order valence-electron chi connectivity index (χ3n) is 3.83. The van der Waals surface area contributed by atoms with Crippen molar-refractivity contribution in [1.82, 2.24) is 10.6 Å². The van der Waals surface area contributed by atoms with Gasteiger partial charge in [0.2, 0.25) is 0 Å². The molecule has 1 aliphatic heterocycles. The Labute approximate surface area is 138 Å². The Morgan fingerprint density at radius 1 is 1.39 bits per heavy atom. The van der Waals surface area contributed by atoms with E-state index in [1.54, 1.807) is 0 Å². The first-order valence-electron chi connectivity index (χ1n) is 8.22. The second kappa shape index (κ2) is 7.79. The second-order valence-electron chi connectivity index (χ2n) is 7.06. The van der Waals surface area contributed by atoms with Crippen molar-refractivity contribution in [3.63, 3.8) is 0 Å². The summed E-state index contributed by atoms with van der Waals surface area (Å²) in [6.45, 7) is 10.8. The molecule has 0 bridgehead atoms. The van der Waals surface area contributed by atoms with E-state index < -0.39 is 6.10 Å². The third kappa shape index (κ3) is 5.52. The maximum Gasteiger partial charge on any atom is 0.250 e. The van der Waals surface area contributed by atoms with Crippen molar-refractivity contribution in [1.29, 1.82) is 0 Å². The highest BCUT2D eigenvalue weighted by Gasteiger charge is 2.23. The predicted octanol–water partition coefficient (Wildman–Crippen LogP) is 1.86. The number of amides is 1. The van der Waals surface area contributed by atoms with Crippen molar-refractivity contribution >= 4 is 5.91 Å². The molecule has 2 N–H and O–H groups in total. The lowest BCUT2D eigenvalue weighted by molar-refractivity contribution is -0.135. The first-order valence-corrected chi connectivity index (χ1v) is 8.22. The van der Waals surface area contributed by atoms with Gasteiger partial charge >= 0.3 is 0 Å². The quantitative estimate of drug-likeness (QED) is 0.869. The van der Waals surface area contributed by atoms with Gasteiger partial charge in [-0.05, 0) is 30.0 Å². The number of rotatable bonds is 5. The fourth-order valence-electron chi connectivity index (χ4n) is 2.38. The lowest BCUT2D eigenvalue weighted by Gasteiger charge is -2.24. The zero-order valence-electron chi connectivity index (χ0n) is 14.5. The van der Waals surface area contributed by atoms with Crippen LogP contribution in [0.15, 0.2) is 24.3 Å². The lowest BCUT2D eigenvalue weighted by Crippen LogP contribution is -2.50. The van der Waals surface area contributed by atoms with Crippen molar-refractivity contribution < 1.29 is 14.3 Å². The average Bonchev–Trinajstić information content (AvgIpc) is 2.53. The van der Waals surface area contributed by atoms with Crippen molar-refractivity contribution in [2.24, 2.45) is 0 Å². The van der Waals surface area contributed by atoms with Gasteiger partial charge in [0.1, 0.15) is 18.5 Å². The van der Waals surface area contributed by atoms with Crippen LogP contribution in [-0.2, 0) is 14.9 Å². The minimum atomic E-state index is -0.405. The van der Waals surface area contributed by atoms with E-state index in [1.165, 1.54) is 5.56 Å². The van der Waals surface area contributed by atoms with Gasteiger partial charge in [0.05, 0.1) is 12.6 Å². The SMILES string of the molecule is CC(COc1ccc(C(C)(C)C)cc1)NC(=O)C1CNCCO1. The molecular formula is C18H28N2O3. The van der Waals surface area contributed by atoms with E-state index in [0.29, 0.717) is 19.8 Å². The minimum absolute atomic E-state index is 0.0738. The molecule has 1 aliphatic rings. The number of ether oxygens (including phenoxy) is 2. The molecule has 5 nitrogen and oxygen atoms in total. The van der Waals surface area contributed by atoms with Crippen LogP contribution in [0, 0.1) is 0 Å². The summed E-state index contributed by atoms with van der Waals surface area (Å²) in [6.07, 6.45) is -0.405. The fraction of sp³-hybridized carbons (Fsp3) is 0.611. The fourth-order valence-corrected chi connectivity index (χ4v) is 2.38. The molecule has 2 rings (SSSR count). The largest absolute Gasteiger partial charge is 0.491 e. The van der Waals surface area contributed by atoms with Crippen molar-refractivity contribution in [3.05, 3.63) is 29.8 Å². The van der Waals surface area contributed by atoms with Crippen molar-refractivity contribution in [2.45, 2.75) is 45.3 Å². The monoisotopic (exact) mass is 320 g/mol. The number of morpholine rings is 1. The Morgan fingerprint density at radius 3 is 2.65 bits per heavy atom. The highest BCUT2D eigenvalue weighted by molar-refractivity contribution is 5.81. The van der Waals surface area contributed by atoms with E-state index in [2.05, 4.69) is 43.5 Å². The number of carbonyl (C=O) groups excluding carboxylic acids is 1. The number of benzene rings is 1. The van der Waals surface area contributed by atoms with E-state index >= 15 is 0 Å². The maximum absolute atomic E-state index is 12.0. The summed E-state index contributed by atoms with van der Waals surface area (Å²) in [7, 11) is 0. The van der Waals surface area contributed by atoms with Gasteiger partial charge in [0.15, 0.2) is 0 Å². The van der Waals surface area contributed by atoms with Gasteiger partial charge in [-0.25, -0.2) is 0 Å². The summed E-state index contributed by atoms with van der Waals surface area (Å²) in [5, 5.41) is 6.07. The number of nitrogens with one attached hydrogen (secondary N) is 2. The molecule has 0 spiro atoms. The average molecular weight is 320 g/mol. The Hall–Kier alpha value is -1.59. The molecule has 0 aromatic heterocycles. The topological polar surface area (TPSA) is 59.6 Å². The van der Waals surface area contributed by atoms with Crippen LogP contribution in [0.25, 0.3) is 0 Å². The zero-order valence-corrected chi connectivity index (χ0v) is 14.5. The van der Waals surface area contributed by atoms with Crippen LogP contribution >= 0.6 is 0 Å². The van der Waals surface area contributed by atoms with Gasteiger partial charge in [0, 0.05) is 13.1 Å². The molecule has 0 radical (unpaired) electrons. The molecule has 2 atom stereocenters. The van der Waals surface area contributed by atoms with Crippen molar-refractivity contribution in [3.8, 4) is 5.75 Å². The molecule has 0 saturated carbocycles. The summed E-state index contributed by atoms with van der Waals surface area (Å²) in [4.78, 5) is 12.0. The summed E-state index contributed by atoms with van der Waals surface area (Å²) in [5.74, 6) is 0.728. The number of hydrogen-bond acceptors (Lipinski definition) is 4. The smallest absolute Gasteiger partial charge is 0.250 e. The summed E-state index contributed by atoms with van der Waals surface area (Å²) in [5.41, 5.74) is 1.40. The molecule has 1 aromatic rings. The first kappa shape index (κ1) is 17.8. The Bertz CT molecular complexity index is 502. The van der Waals surface area contributed by atoms with Crippen LogP contribution in [0.2, 0.25) is 0 Å². The van der Waals surface area contributed by atoms with Gasteiger partial charge in [-0.15, -0.1) is 0 Å². The number of hydrogen-bond donors (Lipinski definition) is 2. The van der Waals surface area contributed by atoms with Gasteiger partial charge in [0.25, 0.3) is 5.91 Å². The molecule has 1 heterocycles. The summed E-state index contributed by atoms with van der Waals surface area (Å²) in [6, 6.07) is 8.04.